The minimum Gasteiger partial charge on any atom is -0.507 e. The second kappa shape index (κ2) is 6.40. The molecule has 0 amide bonds. The molecule has 1 heterocycles. The third kappa shape index (κ3) is 3.26. The van der Waals surface area contributed by atoms with Crippen molar-refractivity contribution in [2.24, 2.45) is 0 Å². The van der Waals surface area contributed by atoms with Gasteiger partial charge in [0.15, 0.2) is 0 Å². The Labute approximate surface area is 133 Å². The molecule has 2 aromatic carbocycles. The number of phenolic OH excluding ortho intramolecular Hbond substituents is 1. The third-order valence-electron chi connectivity index (χ3n) is 3.53. The van der Waals surface area contributed by atoms with Gasteiger partial charge < -0.3 is 14.8 Å². The number of para-hydroxylation sites is 1. The number of hydrogen-bond acceptors (Lipinski definition) is 4. The van der Waals surface area contributed by atoms with Gasteiger partial charge in [-0.25, -0.2) is 4.79 Å². The fraction of sp³-hybridized carbons (Fsp3) is 0.105. The van der Waals surface area contributed by atoms with Crippen LogP contribution in [0.4, 0.5) is 5.69 Å². The van der Waals surface area contributed by atoms with Gasteiger partial charge >= 0.3 is 5.63 Å². The summed E-state index contributed by atoms with van der Waals surface area (Å²) in [5.74, 6) is 0.199. The molecular formula is C19H17NO3. The van der Waals surface area contributed by atoms with Crippen molar-refractivity contribution in [1.29, 1.82) is 0 Å². The van der Waals surface area contributed by atoms with Crippen LogP contribution >= 0.6 is 0 Å². The zero-order chi connectivity index (χ0) is 16.2. The average molecular weight is 307 g/mol. The van der Waals surface area contributed by atoms with Gasteiger partial charge in [-0.2, -0.15) is 0 Å². The van der Waals surface area contributed by atoms with E-state index in [1.54, 1.807) is 18.2 Å². The zero-order valence-electron chi connectivity index (χ0n) is 12.7. The number of aromatic hydroxyl groups is 1. The summed E-state index contributed by atoms with van der Waals surface area (Å²) in [6.07, 6.45) is 3.63. The smallest absolute Gasteiger partial charge is 0.336 e. The highest BCUT2D eigenvalue weighted by Crippen LogP contribution is 2.25. The molecule has 0 saturated heterocycles. The summed E-state index contributed by atoms with van der Waals surface area (Å²) >= 11 is 0. The number of benzene rings is 2. The van der Waals surface area contributed by atoms with Crippen molar-refractivity contribution in [3.8, 4) is 5.75 Å². The van der Waals surface area contributed by atoms with Gasteiger partial charge in [0.25, 0.3) is 0 Å². The summed E-state index contributed by atoms with van der Waals surface area (Å²) in [6.45, 7) is 2.82. The van der Waals surface area contributed by atoms with E-state index in [2.05, 4.69) is 5.32 Å². The van der Waals surface area contributed by atoms with Crippen LogP contribution in [0.25, 0.3) is 23.1 Å². The van der Waals surface area contributed by atoms with Gasteiger partial charge in [0.2, 0.25) is 0 Å². The van der Waals surface area contributed by atoms with Crippen molar-refractivity contribution < 1.29 is 9.52 Å². The SMILES string of the molecule is CCNc1ccc(O)c(/C=C/c2cccc3ccc(=O)oc23)c1. The topological polar surface area (TPSA) is 62.5 Å². The van der Waals surface area contributed by atoms with Crippen molar-refractivity contribution in [2.75, 3.05) is 11.9 Å². The largest absolute Gasteiger partial charge is 0.507 e. The molecule has 0 aliphatic rings. The molecule has 3 rings (SSSR count). The highest BCUT2D eigenvalue weighted by atomic mass is 16.4. The van der Waals surface area contributed by atoms with Crippen molar-refractivity contribution in [1.82, 2.24) is 0 Å². The average Bonchev–Trinajstić information content (AvgIpc) is 2.55. The molecule has 3 aromatic rings. The number of rotatable bonds is 4. The highest BCUT2D eigenvalue weighted by Gasteiger charge is 2.03. The maximum atomic E-state index is 11.4. The molecule has 0 spiro atoms. The summed E-state index contributed by atoms with van der Waals surface area (Å²) in [5.41, 5.74) is 2.58. The van der Waals surface area contributed by atoms with Crippen LogP contribution in [0.15, 0.2) is 57.7 Å². The van der Waals surface area contributed by atoms with E-state index in [4.69, 9.17) is 4.42 Å². The first-order valence-electron chi connectivity index (χ1n) is 7.45. The van der Waals surface area contributed by atoms with Crippen molar-refractivity contribution in [3.05, 3.63) is 70.1 Å². The standard InChI is InChI=1S/C19H17NO3/c1-2-20-16-9-10-17(21)15(12-16)7-6-13-4-3-5-14-8-11-18(22)23-19(13)14/h3-12,20-21H,2H2,1H3/b7-6+. The van der Waals surface area contributed by atoms with E-state index in [9.17, 15) is 9.90 Å². The number of phenols is 1. The van der Waals surface area contributed by atoms with Gasteiger partial charge in [-0.1, -0.05) is 30.4 Å². The van der Waals surface area contributed by atoms with E-state index in [1.807, 2.05) is 43.3 Å². The second-order valence-electron chi connectivity index (χ2n) is 5.16. The second-order valence-corrected chi connectivity index (χ2v) is 5.16. The van der Waals surface area contributed by atoms with E-state index in [0.29, 0.717) is 11.1 Å². The van der Waals surface area contributed by atoms with Gasteiger partial charge in [-0.15, -0.1) is 0 Å². The molecule has 0 bridgehead atoms. The number of hydrogen-bond donors (Lipinski definition) is 2. The fourth-order valence-corrected chi connectivity index (χ4v) is 2.43. The highest BCUT2D eigenvalue weighted by molar-refractivity contribution is 5.88. The minimum atomic E-state index is -0.379. The molecule has 0 unspecified atom stereocenters. The first-order valence-corrected chi connectivity index (χ1v) is 7.45. The first-order chi connectivity index (χ1) is 11.2. The lowest BCUT2D eigenvalue weighted by atomic mass is 10.1. The fourth-order valence-electron chi connectivity index (χ4n) is 2.43. The number of nitrogens with one attached hydrogen (secondary N) is 1. The van der Waals surface area contributed by atoms with Crippen LogP contribution in [-0.2, 0) is 0 Å². The van der Waals surface area contributed by atoms with Gasteiger partial charge in [0.1, 0.15) is 11.3 Å². The first kappa shape index (κ1) is 14.9. The van der Waals surface area contributed by atoms with E-state index in [1.165, 1.54) is 6.07 Å². The van der Waals surface area contributed by atoms with Crippen LogP contribution in [0.2, 0.25) is 0 Å². The monoisotopic (exact) mass is 307 g/mol. The Bertz CT molecular complexity index is 925. The summed E-state index contributed by atoms with van der Waals surface area (Å²) in [7, 11) is 0. The summed E-state index contributed by atoms with van der Waals surface area (Å²) in [4.78, 5) is 11.4. The molecule has 4 nitrogen and oxygen atoms in total. The Balaban J connectivity index is 2.02. The molecule has 0 radical (unpaired) electrons. The quantitative estimate of drug-likeness (QED) is 0.433. The Hall–Kier alpha value is -3.01. The Kier molecular flexibility index (Phi) is 4.15. The van der Waals surface area contributed by atoms with Crippen LogP contribution < -0.4 is 10.9 Å². The molecule has 116 valence electrons. The molecule has 0 aliphatic heterocycles. The van der Waals surface area contributed by atoms with Gasteiger partial charge in [0.05, 0.1) is 0 Å². The van der Waals surface area contributed by atoms with Crippen LogP contribution in [-0.4, -0.2) is 11.7 Å². The maximum absolute atomic E-state index is 11.4. The molecular weight excluding hydrogens is 290 g/mol. The predicted octanol–water partition coefficient (Wildman–Crippen LogP) is 4.10. The Morgan fingerprint density at radius 1 is 1.09 bits per heavy atom. The molecule has 2 N–H and O–H groups in total. The van der Waals surface area contributed by atoms with Crippen LogP contribution in [0.1, 0.15) is 18.1 Å². The van der Waals surface area contributed by atoms with Crippen LogP contribution in [0, 0.1) is 0 Å². The van der Waals surface area contributed by atoms with Crippen molar-refractivity contribution >= 4 is 28.8 Å². The molecule has 4 heteroatoms. The summed E-state index contributed by atoms with van der Waals surface area (Å²) < 4.78 is 5.29. The minimum absolute atomic E-state index is 0.199. The zero-order valence-corrected chi connectivity index (χ0v) is 12.7. The Morgan fingerprint density at radius 3 is 2.74 bits per heavy atom. The Morgan fingerprint density at radius 2 is 1.91 bits per heavy atom. The van der Waals surface area contributed by atoms with Crippen LogP contribution in [0.5, 0.6) is 5.75 Å². The normalized spacial score (nSPS) is 11.2. The van der Waals surface area contributed by atoms with E-state index >= 15 is 0 Å². The van der Waals surface area contributed by atoms with E-state index in [-0.39, 0.29) is 11.4 Å². The van der Waals surface area contributed by atoms with Gasteiger partial charge in [-0.05, 0) is 31.2 Å². The van der Waals surface area contributed by atoms with E-state index in [0.717, 1.165) is 23.2 Å². The molecule has 0 saturated carbocycles. The summed E-state index contributed by atoms with van der Waals surface area (Å²) in [6, 6.07) is 14.1. The molecule has 0 fully saturated rings. The van der Waals surface area contributed by atoms with Crippen LogP contribution in [0.3, 0.4) is 0 Å². The van der Waals surface area contributed by atoms with E-state index < -0.39 is 0 Å². The van der Waals surface area contributed by atoms with Crippen molar-refractivity contribution in [2.45, 2.75) is 6.92 Å². The van der Waals surface area contributed by atoms with Gasteiger partial charge in [0, 0.05) is 34.8 Å². The molecule has 0 aliphatic carbocycles. The molecule has 1 aromatic heterocycles. The molecule has 0 atom stereocenters. The van der Waals surface area contributed by atoms with Crippen molar-refractivity contribution in [3.63, 3.8) is 0 Å². The maximum Gasteiger partial charge on any atom is 0.336 e. The lowest BCUT2D eigenvalue weighted by molar-refractivity contribution is 0.474. The lowest BCUT2D eigenvalue weighted by Gasteiger charge is -2.06. The van der Waals surface area contributed by atoms with Gasteiger partial charge in [-0.3, -0.25) is 0 Å². The third-order valence-corrected chi connectivity index (χ3v) is 3.53. The molecule has 23 heavy (non-hydrogen) atoms. The number of fused-ring (bicyclic) bond motifs is 1. The summed E-state index contributed by atoms with van der Waals surface area (Å²) in [5, 5.41) is 14.1. The predicted molar refractivity (Wildman–Crippen MR) is 93.7 cm³/mol. The number of anilines is 1. The lowest BCUT2D eigenvalue weighted by Crippen LogP contribution is -1.96.